The molecule has 3 rings (SSSR count). The predicted molar refractivity (Wildman–Crippen MR) is 81.6 cm³/mol. The Morgan fingerprint density at radius 2 is 1.90 bits per heavy atom. The average Bonchev–Trinajstić information content (AvgIpc) is 2.90. The number of halogens is 1. The van der Waals surface area contributed by atoms with Gasteiger partial charge in [-0.05, 0) is 25.0 Å². The molecule has 0 unspecified atom stereocenters. The Hall–Kier alpha value is -1.17. The molecule has 6 heteroatoms. The van der Waals surface area contributed by atoms with E-state index in [0.29, 0.717) is 4.90 Å². The Morgan fingerprint density at radius 1 is 1.15 bits per heavy atom. The molecule has 1 aromatic carbocycles. The maximum absolute atomic E-state index is 12.5. The Labute approximate surface area is 125 Å². The summed E-state index contributed by atoms with van der Waals surface area (Å²) in [5, 5.41) is 1.57. The molecule has 2 aromatic rings. The molecule has 0 spiro atoms. The average molecular weight is 313 g/mol. The lowest BCUT2D eigenvalue weighted by molar-refractivity contribution is 0.553. The molecule has 0 amide bonds. The largest absolute Gasteiger partial charge is 0.264 e. The highest BCUT2D eigenvalue weighted by molar-refractivity contribution is 7.89. The molecule has 1 aromatic heterocycles. The number of rotatable bonds is 3. The Morgan fingerprint density at radius 3 is 2.65 bits per heavy atom. The van der Waals surface area contributed by atoms with Gasteiger partial charge < -0.3 is 0 Å². The molecule has 1 fully saturated rings. The number of benzene rings is 1. The third-order valence-corrected chi connectivity index (χ3v) is 5.19. The molecular formula is C14H17ClN2O2S. The Kier molecular flexibility index (Phi) is 4.62. The number of hydrogen-bond acceptors (Lipinski definition) is 3. The summed E-state index contributed by atoms with van der Waals surface area (Å²) in [6, 6.07) is 7.12. The summed E-state index contributed by atoms with van der Waals surface area (Å²) in [4.78, 5) is 4.37. The second-order valence-electron chi connectivity index (χ2n) is 4.96. The van der Waals surface area contributed by atoms with Crippen LogP contribution in [-0.2, 0) is 10.0 Å². The van der Waals surface area contributed by atoms with Crippen molar-refractivity contribution in [2.75, 3.05) is 0 Å². The SMILES string of the molecule is Cl.O=S(=O)(NC1CCCC1)c1cccc2cnccc12. The lowest BCUT2D eigenvalue weighted by Crippen LogP contribution is -2.32. The van der Waals surface area contributed by atoms with E-state index in [9.17, 15) is 8.42 Å². The number of sulfonamides is 1. The molecule has 1 saturated carbocycles. The van der Waals surface area contributed by atoms with Crippen molar-refractivity contribution in [2.24, 2.45) is 0 Å². The second kappa shape index (κ2) is 6.08. The van der Waals surface area contributed by atoms with Crippen molar-refractivity contribution in [3.05, 3.63) is 36.7 Å². The molecule has 1 heterocycles. The van der Waals surface area contributed by atoms with E-state index in [2.05, 4.69) is 9.71 Å². The van der Waals surface area contributed by atoms with Crippen LogP contribution >= 0.6 is 12.4 Å². The van der Waals surface area contributed by atoms with Crippen LogP contribution in [0.15, 0.2) is 41.6 Å². The molecule has 0 aliphatic heterocycles. The van der Waals surface area contributed by atoms with Crippen molar-refractivity contribution >= 4 is 33.2 Å². The number of aromatic nitrogens is 1. The van der Waals surface area contributed by atoms with E-state index in [0.717, 1.165) is 36.5 Å². The fourth-order valence-electron chi connectivity index (χ4n) is 2.65. The van der Waals surface area contributed by atoms with E-state index in [4.69, 9.17) is 0 Å². The molecule has 1 aliphatic carbocycles. The molecule has 20 heavy (non-hydrogen) atoms. The fraction of sp³-hybridized carbons (Fsp3) is 0.357. The highest BCUT2D eigenvalue weighted by atomic mass is 35.5. The van der Waals surface area contributed by atoms with Crippen molar-refractivity contribution in [1.29, 1.82) is 0 Å². The monoisotopic (exact) mass is 312 g/mol. The molecular weight excluding hydrogens is 296 g/mol. The van der Waals surface area contributed by atoms with Crippen LogP contribution in [0, 0.1) is 0 Å². The van der Waals surface area contributed by atoms with Crippen LogP contribution in [0.5, 0.6) is 0 Å². The molecule has 0 bridgehead atoms. The van der Waals surface area contributed by atoms with Gasteiger partial charge in [-0.25, -0.2) is 13.1 Å². The maximum Gasteiger partial charge on any atom is 0.241 e. The minimum atomic E-state index is -3.45. The number of nitrogens with zero attached hydrogens (tertiary/aromatic N) is 1. The second-order valence-corrected chi connectivity index (χ2v) is 6.64. The molecule has 0 saturated heterocycles. The van der Waals surface area contributed by atoms with Gasteiger partial charge in [0.25, 0.3) is 0 Å². The van der Waals surface area contributed by atoms with Gasteiger partial charge in [0.1, 0.15) is 0 Å². The van der Waals surface area contributed by atoms with Crippen LogP contribution in [0.1, 0.15) is 25.7 Å². The smallest absolute Gasteiger partial charge is 0.241 e. The molecule has 1 N–H and O–H groups in total. The van der Waals surface area contributed by atoms with E-state index in [1.54, 1.807) is 30.6 Å². The minimum Gasteiger partial charge on any atom is -0.264 e. The van der Waals surface area contributed by atoms with Gasteiger partial charge in [-0.15, -0.1) is 12.4 Å². The lowest BCUT2D eigenvalue weighted by Gasteiger charge is -2.13. The van der Waals surface area contributed by atoms with Crippen LogP contribution < -0.4 is 4.72 Å². The Bertz CT molecular complexity index is 692. The normalized spacial score (nSPS) is 16.2. The van der Waals surface area contributed by atoms with Crippen molar-refractivity contribution in [1.82, 2.24) is 9.71 Å². The van der Waals surface area contributed by atoms with Gasteiger partial charge in [-0.3, -0.25) is 4.98 Å². The van der Waals surface area contributed by atoms with Gasteiger partial charge in [-0.1, -0.05) is 25.0 Å². The first kappa shape index (κ1) is 15.2. The molecule has 0 radical (unpaired) electrons. The van der Waals surface area contributed by atoms with E-state index < -0.39 is 10.0 Å². The van der Waals surface area contributed by atoms with Crippen molar-refractivity contribution in [2.45, 2.75) is 36.6 Å². The maximum atomic E-state index is 12.5. The summed E-state index contributed by atoms with van der Waals surface area (Å²) >= 11 is 0. The van der Waals surface area contributed by atoms with Crippen LogP contribution in [0.4, 0.5) is 0 Å². The van der Waals surface area contributed by atoms with Gasteiger partial charge in [0.2, 0.25) is 10.0 Å². The highest BCUT2D eigenvalue weighted by Gasteiger charge is 2.24. The first-order chi connectivity index (χ1) is 9.17. The number of pyridine rings is 1. The third kappa shape index (κ3) is 2.95. The number of hydrogen-bond donors (Lipinski definition) is 1. The summed E-state index contributed by atoms with van der Waals surface area (Å²) < 4.78 is 27.8. The van der Waals surface area contributed by atoms with E-state index in [-0.39, 0.29) is 18.4 Å². The third-order valence-electron chi connectivity index (χ3n) is 3.61. The number of nitrogens with one attached hydrogen (secondary N) is 1. The van der Waals surface area contributed by atoms with Crippen LogP contribution in [0.2, 0.25) is 0 Å². The highest BCUT2D eigenvalue weighted by Crippen LogP contribution is 2.24. The van der Waals surface area contributed by atoms with Gasteiger partial charge in [-0.2, -0.15) is 0 Å². The first-order valence-corrected chi connectivity index (χ1v) is 8.00. The van der Waals surface area contributed by atoms with Crippen molar-refractivity contribution in [3.8, 4) is 0 Å². The summed E-state index contributed by atoms with van der Waals surface area (Å²) in [6.07, 6.45) is 7.39. The van der Waals surface area contributed by atoms with E-state index >= 15 is 0 Å². The quantitative estimate of drug-likeness (QED) is 0.948. The van der Waals surface area contributed by atoms with Crippen molar-refractivity contribution < 1.29 is 8.42 Å². The predicted octanol–water partition coefficient (Wildman–Crippen LogP) is 2.88. The van der Waals surface area contributed by atoms with Gasteiger partial charge >= 0.3 is 0 Å². The summed E-state index contributed by atoms with van der Waals surface area (Å²) in [5.41, 5.74) is 0. The van der Waals surface area contributed by atoms with Gasteiger partial charge in [0.05, 0.1) is 4.90 Å². The summed E-state index contributed by atoms with van der Waals surface area (Å²) in [5.74, 6) is 0. The van der Waals surface area contributed by atoms with E-state index in [1.165, 1.54) is 0 Å². The van der Waals surface area contributed by atoms with Gasteiger partial charge in [0.15, 0.2) is 0 Å². The molecule has 4 nitrogen and oxygen atoms in total. The standard InChI is InChI=1S/C14H16N2O2S.ClH/c17-19(18,16-12-5-1-2-6-12)14-7-3-4-11-10-15-9-8-13(11)14;/h3-4,7-10,12,16H,1-2,5-6H2;1H. The first-order valence-electron chi connectivity index (χ1n) is 6.52. The van der Waals surface area contributed by atoms with Crippen LogP contribution in [0.3, 0.4) is 0 Å². The molecule has 0 atom stereocenters. The zero-order valence-corrected chi connectivity index (χ0v) is 12.6. The molecule has 1 aliphatic rings. The fourth-order valence-corrected chi connectivity index (χ4v) is 4.19. The van der Waals surface area contributed by atoms with Crippen LogP contribution in [0.25, 0.3) is 10.8 Å². The van der Waals surface area contributed by atoms with E-state index in [1.807, 2.05) is 6.07 Å². The summed E-state index contributed by atoms with van der Waals surface area (Å²) in [7, 11) is -3.45. The minimum absolute atomic E-state index is 0. The topological polar surface area (TPSA) is 59.1 Å². The zero-order valence-electron chi connectivity index (χ0n) is 11.0. The lowest BCUT2D eigenvalue weighted by atomic mass is 10.2. The summed E-state index contributed by atoms with van der Waals surface area (Å²) in [6.45, 7) is 0. The van der Waals surface area contributed by atoms with Crippen LogP contribution in [-0.4, -0.2) is 19.4 Å². The Balaban J connectivity index is 0.00000147. The zero-order chi connectivity index (χ0) is 13.3. The van der Waals surface area contributed by atoms with Crippen molar-refractivity contribution in [3.63, 3.8) is 0 Å². The van der Waals surface area contributed by atoms with Gasteiger partial charge in [0, 0.05) is 29.2 Å². The number of fused-ring (bicyclic) bond motifs is 1. The molecule has 108 valence electrons.